The molecule has 1 N–H and O–H groups in total. The van der Waals surface area contributed by atoms with E-state index in [1.807, 2.05) is 65.6 Å². The summed E-state index contributed by atoms with van der Waals surface area (Å²) in [5.74, 6) is 0.401. The zero-order valence-electron chi connectivity index (χ0n) is 15.3. The van der Waals surface area contributed by atoms with Gasteiger partial charge in [-0.05, 0) is 27.6 Å². The average molecular weight is 372 g/mol. The maximum absolute atomic E-state index is 12.4. The first-order valence-electron chi connectivity index (χ1n) is 9.03. The van der Waals surface area contributed by atoms with Crippen molar-refractivity contribution in [3.63, 3.8) is 0 Å². The molecular weight excluding hydrogens is 352 g/mol. The third kappa shape index (κ3) is 3.42. The SMILES string of the molecule is C=CCNC(=O)CN1C(c2ccccc2)=CC(c2ccccc2)n2nnnc21. The van der Waals surface area contributed by atoms with Crippen LogP contribution in [0.15, 0.2) is 79.4 Å². The van der Waals surface area contributed by atoms with Crippen LogP contribution in [-0.4, -0.2) is 39.2 Å². The highest BCUT2D eigenvalue weighted by Gasteiger charge is 2.31. The molecule has 1 atom stereocenters. The predicted octanol–water partition coefficient (Wildman–Crippen LogP) is 2.43. The Hall–Kier alpha value is -3.74. The van der Waals surface area contributed by atoms with Crippen LogP contribution in [-0.2, 0) is 4.79 Å². The van der Waals surface area contributed by atoms with Gasteiger partial charge in [-0.15, -0.1) is 6.58 Å². The number of anilines is 1. The molecule has 7 nitrogen and oxygen atoms in total. The second kappa shape index (κ2) is 7.87. The molecule has 0 fully saturated rings. The minimum atomic E-state index is -0.158. The molecule has 1 aliphatic heterocycles. The lowest BCUT2D eigenvalue weighted by molar-refractivity contribution is -0.119. The van der Waals surface area contributed by atoms with Crippen molar-refractivity contribution in [1.29, 1.82) is 0 Å². The fraction of sp³-hybridized carbons (Fsp3) is 0.143. The summed E-state index contributed by atoms with van der Waals surface area (Å²) in [7, 11) is 0. The van der Waals surface area contributed by atoms with Crippen molar-refractivity contribution >= 4 is 17.6 Å². The fourth-order valence-corrected chi connectivity index (χ4v) is 3.25. The van der Waals surface area contributed by atoms with Crippen molar-refractivity contribution in [3.05, 3.63) is 90.5 Å². The highest BCUT2D eigenvalue weighted by atomic mass is 16.2. The van der Waals surface area contributed by atoms with Crippen molar-refractivity contribution in [2.75, 3.05) is 18.0 Å². The first-order chi connectivity index (χ1) is 13.8. The van der Waals surface area contributed by atoms with Gasteiger partial charge in [0.05, 0.1) is 5.70 Å². The van der Waals surface area contributed by atoms with Gasteiger partial charge in [-0.2, -0.15) is 4.68 Å². The number of carbonyl (C=O) groups excluding carboxylic acids is 1. The number of rotatable bonds is 6. The monoisotopic (exact) mass is 372 g/mol. The molecule has 140 valence electrons. The van der Waals surface area contributed by atoms with Gasteiger partial charge >= 0.3 is 0 Å². The lowest BCUT2D eigenvalue weighted by Gasteiger charge is -2.32. The lowest BCUT2D eigenvalue weighted by atomic mass is 10.0. The first-order valence-corrected chi connectivity index (χ1v) is 9.03. The van der Waals surface area contributed by atoms with Gasteiger partial charge in [0.25, 0.3) is 5.95 Å². The molecular formula is C21H20N6O. The van der Waals surface area contributed by atoms with Gasteiger partial charge in [-0.25, -0.2) is 0 Å². The normalized spacial score (nSPS) is 15.5. The van der Waals surface area contributed by atoms with E-state index in [9.17, 15) is 4.79 Å². The number of aromatic nitrogens is 4. The number of hydrogen-bond donors (Lipinski definition) is 1. The second-order valence-corrected chi connectivity index (χ2v) is 6.38. The Labute approximate surface area is 163 Å². The molecule has 2 heterocycles. The summed E-state index contributed by atoms with van der Waals surface area (Å²) < 4.78 is 1.74. The predicted molar refractivity (Wildman–Crippen MR) is 107 cm³/mol. The maximum atomic E-state index is 12.4. The summed E-state index contributed by atoms with van der Waals surface area (Å²) >= 11 is 0. The zero-order valence-corrected chi connectivity index (χ0v) is 15.3. The van der Waals surface area contributed by atoms with E-state index in [2.05, 4.69) is 33.5 Å². The first kappa shape index (κ1) is 17.7. The molecule has 0 saturated carbocycles. The topological polar surface area (TPSA) is 75.9 Å². The summed E-state index contributed by atoms with van der Waals surface area (Å²) in [5.41, 5.74) is 2.96. The fourth-order valence-electron chi connectivity index (χ4n) is 3.25. The molecule has 3 aromatic rings. The molecule has 7 heteroatoms. The van der Waals surface area contributed by atoms with Gasteiger partial charge in [-0.3, -0.25) is 9.69 Å². The van der Waals surface area contributed by atoms with Gasteiger partial charge in [0.15, 0.2) is 0 Å². The van der Waals surface area contributed by atoms with Crippen LogP contribution in [0, 0.1) is 0 Å². The van der Waals surface area contributed by atoms with E-state index in [0.717, 1.165) is 16.8 Å². The average Bonchev–Trinajstić information content (AvgIpc) is 3.24. The number of nitrogens with zero attached hydrogens (tertiary/aromatic N) is 5. The van der Waals surface area contributed by atoms with E-state index in [-0.39, 0.29) is 18.5 Å². The molecule has 1 amide bonds. The summed E-state index contributed by atoms with van der Waals surface area (Å²) in [5, 5.41) is 15.1. The lowest BCUT2D eigenvalue weighted by Crippen LogP contribution is -2.40. The number of carbonyl (C=O) groups is 1. The molecule has 0 radical (unpaired) electrons. The summed E-state index contributed by atoms with van der Waals surface area (Å²) in [6.45, 7) is 4.16. The van der Waals surface area contributed by atoms with Crippen LogP contribution in [0.3, 0.4) is 0 Å². The Morgan fingerprint density at radius 2 is 1.82 bits per heavy atom. The Morgan fingerprint density at radius 1 is 1.11 bits per heavy atom. The summed E-state index contributed by atoms with van der Waals surface area (Å²) in [6, 6.07) is 19.8. The standard InChI is InChI=1S/C21H20N6O/c1-2-13-22-20(28)15-26-18(16-9-5-3-6-10-16)14-19(17-11-7-4-8-12-17)27-21(26)23-24-25-27/h2-12,14,19H,1,13,15H2,(H,22,28). The van der Waals surface area contributed by atoms with E-state index in [0.29, 0.717) is 12.5 Å². The van der Waals surface area contributed by atoms with E-state index >= 15 is 0 Å². The molecule has 1 unspecified atom stereocenters. The molecule has 0 bridgehead atoms. The Balaban J connectivity index is 1.78. The molecule has 0 spiro atoms. The number of benzene rings is 2. The molecule has 1 aliphatic rings. The Bertz CT molecular complexity index is 996. The Morgan fingerprint density at radius 3 is 2.54 bits per heavy atom. The highest BCUT2D eigenvalue weighted by molar-refractivity contribution is 5.89. The van der Waals surface area contributed by atoms with Crippen LogP contribution < -0.4 is 10.2 Å². The molecule has 1 aromatic heterocycles. The van der Waals surface area contributed by atoms with E-state index < -0.39 is 0 Å². The van der Waals surface area contributed by atoms with Crippen LogP contribution in [0.1, 0.15) is 17.2 Å². The molecule has 2 aromatic carbocycles. The van der Waals surface area contributed by atoms with E-state index in [1.165, 1.54) is 0 Å². The van der Waals surface area contributed by atoms with Crippen LogP contribution >= 0.6 is 0 Å². The van der Waals surface area contributed by atoms with Crippen molar-refractivity contribution in [3.8, 4) is 0 Å². The quantitative estimate of drug-likeness (QED) is 0.673. The van der Waals surface area contributed by atoms with E-state index in [1.54, 1.807) is 10.8 Å². The van der Waals surface area contributed by atoms with Gasteiger partial charge in [0, 0.05) is 6.54 Å². The number of tetrazole rings is 1. The number of allylic oxidation sites excluding steroid dienone is 1. The van der Waals surface area contributed by atoms with Gasteiger partial charge in [0.2, 0.25) is 5.91 Å². The van der Waals surface area contributed by atoms with Crippen molar-refractivity contribution in [1.82, 2.24) is 25.5 Å². The minimum absolute atomic E-state index is 0.108. The van der Waals surface area contributed by atoms with Crippen LogP contribution in [0.4, 0.5) is 5.95 Å². The van der Waals surface area contributed by atoms with Crippen molar-refractivity contribution in [2.24, 2.45) is 0 Å². The largest absolute Gasteiger partial charge is 0.351 e. The van der Waals surface area contributed by atoms with E-state index in [4.69, 9.17) is 0 Å². The summed E-state index contributed by atoms with van der Waals surface area (Å²) in [4.78, 5) is 14.3. The molecule has 4 rings (SSSR count). The molecule has 28 heavy (non-hydrogen) atoms. The number of fused-ring (bicyclic) bond motifs is 1. The van der Waals surface area contributed by atoms with Crippen LogP contribution in [0.25, 0.3) is 5.70 Å². The van der Waals surface area contributed by atoms with Gasteiger partial charge < -0.3 is 5.32 Å². The van der Waals surface area contributed by atoms with Crippen LogP contribution in [0.2, 0.25) is 0 Å². The van der Waals surface area contributed by atoms with Gasteiger partial charge in [-0.1, -0.05) is 71.8 Å². The maximum Gasteiger partial charge on any atom is 0.251 e. The van der Waals surface area contributed by atoms with Gasteiger partial charge in [0.1, 0.15) is 12.6 Å². The Kier molecular flexibility index (Phi) is 4.97. The van der Waals surface area contributed by atoms with Crippen molar-refractivity contribution in [2.45, 2.75) is 6.04 Å². The molecule has 0 aliphatic carbocycles. The highest BCUT2D eigenvalue weighted by Crippen LogP contribution is 2.35. The van der Waals surface area contributed by atoms with Crippen LogP contribution in [0.5, 0.6) is 0 Å². The smallest absolute Gasteiger partial charge is 0.251 e. The van der Waals surface area contributed by atoms with Crippen molar-refractivity contribution < 1.29 is 4.79 Å². The zero-order chi connectivity index (χ0) is 19.3. The third-order valence-electron chi connectivity index (χ3n) is 4.54. The third-order valence-corrected chi connectivity index (χ3v) is 4.54. The molecule has 0 saturated heterocycles. The number of hydrogen-bond acceptors (Lipinski definition) is 5. The number of amides is 1. The minimum Gasteiger partial charge on any atom is -0.351 e. The number of nitrogens with one attached hydrogen (secondary N) is 1. The second-order valence-electron chi connectivity index (χ2n) is 6.38. The summed E-state index contributed by atoms with van der Waals surface area (Å²) in [6.07, 6.45) is 3.74.